The van der Waals surface area contributed by atoms with E-state index in [0.717, 1.165) is 16.7 Å². The zero-order valence-corrected chi connectivity index (χ0v) is 8.54. The van der Waals surface area contributed by atoms with Crippen LogP contribution in [0.25, 0.3) is 10.4 Å². The van der Waals surface area contributed by atoms with E-state index >= 15 is 0 Å². The summed E-state index contributed by atoms with van der Waals surface area (Å²) in [6, 6.07) is 8.16. The Kier molecular flexibility index (Phi) is 2.41. The maximum atomic E-state index is 10.5. The summed E-state index contributed by atoms with van der Waals surface area (Å²) in [7, 11) is 0. The number of benzene rings is 1. The number of thiazole rings is 1. The monoisotopic (exact) mass is 203 g/mol. The minimum atomic E-state index is 0.529. The highest BCUT2D eigenvalue weighted by atomic mass is 32.1. The van der Waals surface area contributed by atoms with E-state index in [-0.39, 0.29) is 0 Å². The van der Waals surface area contributed by atoms with Crippen molar-refractivity contribution >= 4 is 17.6 Å². The van der Waals surface area contributed by atoms with E-state index in [0.29, 0.717) is 5.01 Å². The van der Waals surface area contributed by atoms with Gasteiger partial charge in [-0.3, -0.25) is 4.79 Å². The summed E-state index contributed by atoms with van der Waals surface area (Å²) in [4.78, 5) is 15.5. The molecule has 1 heterocycles. The van der Waals surface area contributed by atoms with Crippen LogP contribution in [-0.4, -0.2) is 11.3 Å². The van der Waals surface area contributed by atoms with E-state index < -0.39 is 0 Å². The molecule has 0 saturated carbocycles. The summed E-state index contributed by atoms with van der Waals surface area (Å²) in [6.07, 6.45) is 2.52. The van der Waals surface area contributed by atoms with Crippen LogP contribution in [0, 0.1) is 6.92 Å². The summed E-state index contributed by atoms with van der Waals surface area (Å²) in [5.74, 6) is 0. The predicted molar refractivity (Wildman–Crippen MR) is 57.7 cm³/mol. The Labute approximate surface area is 86.2 Å². The van der Waals surface area contributed by atoms with Crippen LogP contribution >= 0.6 is 11.3 Å². The fraction of sp³-hybridized carbons (Fsp3) is 0.0909. The van der Waals surface area contributed by atoms with E-state index in [4.69, 9.17) is 0 Å². The molecule has 14 heavy (non-hydrogen) atoms. The molecule has 0 unspecified atom stereocenters. The number of carbonyl (C=O) groups is 1. The number of rotatable bonds is 2. The second-order valence-corrected chi connectivity index (χ2v) is 4.11. The Bertz CT molecular complexity index is 462. The minimum Gasteiger partial charge on any atom is -0.295 e. The standard InChI is InChI=1S/C11H9NOS/c1-8-3-2-4-9(5-8)10-6-12-11(7-13)14-10/h2-7H,1H3. The SMILES string of the molecule is Cc1cccc(-c2cnc(C=O)s2)c1. The number of hydrogen-bond donors (Lipinski definition) is 0. The summed E-state index contributed by atoms with van der Waals surface area (Å²) < 4.78 is 0. The van der Waals surface area contributed by atoms with Gasteiger partial charge in [0.25, 0.3) is 0 Å². The number of carbonyl (C=O) groups excluding carboxylic acids is 1. The molecule has 0 amide bonds. The van der Waals surface area contributed by atoms with Gasteiger partial charge in [-0.05, 0) is 12.5 Å². The highest BCUT2D eigenvalue weighted by Crippen LogP contribution is 2.25. The zero-order chi connectivity index (χ0) is 9.97. The fourth-order valence-corrected chi connectivity index (χ4v) is 2.00. The Morgan fingerprint density at radius 3 is 2.93 bits per heavy atom. The molecule has 0 fully saturated rings. The van der Waals surface area contributed by atoms with Crippen molar-refractivity contribution in [2.24, 2.45) is 0 Å². The summed E-state index contributed by atoms with van der Waals surface area (Å²) in [6.45, 7) is 2.05. The van der Waals surface area contributed by atoms with Crippen LogP contribution in [0.2, 0.25) is 0 Å². The molecular formula is C11H9NOS. The minimum absolute atomic E-state index is 0.529. The van der Waals surface area contributed by atoms with E-state index in [1.807, 2.05) is 25.1 Å². The normalized spacial score (nSPS) is 10.1. The van der Waals surface area contributed by atoms with Crippen LogP contribution in [0.3, 0.4) is 0 Å². The van der Waals surface area contributed by atoms with Crippen molar-refractivity contribution in [3.8, 4) is 10.4 Å². The molecule has 1 aromatic heterocycles. The van der Waals surface area contributed by atoms with Crippen LogP contribution in [0.4, 0.5) is 0 Å². The van der Waals surface area contributed by atoms with Gasteiger partial charge in [-0.25, -0.2) is 4.98 Å². The van der Waals surface area contributed by atoms with Gasteiger partial charge >= 0.3 is 0 Å². The first kappa shape index (κ1) is 9.09. The van der Waals surface area contributed by atoms with E-state index in [9.17, 15) is 4.79 Å². The Morgan fingerprint density at radius 1 is 1.43 bits per heavy atom. The molecule has 0 aliphatic carbocycles. The summed E-state index contributed by atoms with van der Waals surface area (Å²) in [5, 5.41) is 0.529. The first-order chi connectivity index (χ1) is 6.79. The average molecular weight is 203 g/mol. The lowest BCUT2D eigenvalue weighted by molar-refractivity contribution is 0.112. The molecule has 2 aromatic rings. The molecule has 0 atom stereocenters. The van der Waals surface area contributed by atoms with Gasteiger partial charge in [0.15, 0.2) is 11.3 Å². The topological polar surface area (TPSA) is 30.0 Å². The van der Waals surface area contributed by atoms with Crippen molar-refractivity contribution in [3.63, 3.8) is 0 Å². The molecule has 0 aliphatic rings. The van der Waals surface area contributed by atoms with Crippen molar-refractivity contribution in [1.82, 2.24) is 4.98 Å². The molecule has 0 spiro atoms. The molecule has 0 bridgehead atoms. The van der Waals surface area contributed by atoms with Gasteiger partial charge in [0, 0.05) is 6.20 Å². The number of aldehydes is 1. The number of nitrogens with zero attached hydrogens (tertiary/aromatic N) is 1. The lowest BCUT2D eigenvalue weighted by atomic mass is 10.1. The molecule has 1 aromatic carbocycles. The maximum absolute atomic E-state index is 10.5. The predicted octanol–water partition coefficient (Wildman–Crippen LogP) is 2.93. The molecule has 70 valence electrons. The quantitative estimate of drug-likeness (QED) is 0.702. The largest absolute Gasteiger partial charge is 0.295 e. The molecular weight excluding hydrogens is 194 g/mol. The molecule has 0 radical (unpaired) electrons. The molecule has 2 nitrogen and oxygen atoms in total. The average Bonchev–Trinajstić information content (AvgIpc) is 2.66. The van der Waals surface area contributed by atoms with E-state index in [1.54, 1.807) is 6.20 Å². The van der Waals surface area contributed by atoms with Crippen molar-refractivity contribution in [1.29, 1.82) is 0 Å². The summed E-state index contributed by atoms with van der Waals surface area (Å²) in [5.41, 5.74) is 2.33. The number of aromatic nitrogens is 1. The second kappa shape index (κ2) is 3.72. The van der Waals surface area contributed by atoms with Crippen LogP contribution < -0.4 is 0 Å². The van der Waals surface area contributed by atoms with Gasteiger partial charge in [0.1, 0.15) is 0 Å². The van der Waals surface area contributed by atoms with Gasteiger partial charge in [-0.2, -0.15) is 0 Å². The lowest BCUT2D eigenvalue weighted by Gasteiger charge is -1.96. The molecule has 3 heteroatoms. The van der Waals surface area contributed by atoms with Crippen LogP contribution in [0.15, 0.2) is 30.5 Å². The smallest absolute Gasteiger partial charge is 0.178 e. The van der Waals surface area contributed by atoms with Crippen molar-refractivity contribution in [2.75, 3.05) is 0 Å². The maximum Gasteiger partial charge on any atom is 0.178 e. The molecule has 0 aliphatic heterocycles. The molecule has 0 N–H and O–H groups in total. The van der Waals surface area contributed by atoms with Crippen LogP contribution in [0.1, 0.15) is 15.4 Å². The van der Waals surface area contributed by atoms with Crippen LogP contribution in [0.5, 0.6) is 0 Å². The van der Waals surface area contributed by atoms with Gasteiger partial charge in [0.05, 0.1) is 4.88 Å². The first-order valence-electron chi connectivity index (χ1n) is 4.27. The second-order valence-electron chi connectivity index (χ2n) is 3.05. The lowest BCUT2D eigenvalue weighted by Crippen LogP contribution is -1.74. The van der Waals surface area contributed by atoms with E-state index in [2.05, 4.69) is 11.1 Å². The van der Waals surface area contributed by atoms with Crippen molar-refractivity contribution < 1.29 is 4.79 Å². The Hall–Kier alpha value is -1.48. The Balaban J connectivity index is 2.43. The molecule has 2 rings (SSSR count). The third kappa shape index (κ3) is 1.72. The number of hydrogen-bond acceptors (Lipinski definition) is 3. The van der Waals surface area contributed by atoms with Gasteiger partial charge in [0.2, 0.25) is 0 Å². The highest BCUT2D eigenvalue weighted by Gasteiger charge is 2.02. The first-order valence-corrected chi connectivity index (χ1v) is 5.09. The Morgan fingerprint density at radius 2 is 2.29 bits per heavy atom. The van der Waals surface area contributed by atoms with Gasteiger partial charge in [-0.15, -0.1) is 11.3 Å². The van der Waals surface area contributed by atoms with Gasteiger partial charge in [-0.1, -0.05) is 29.8 Å². The molecule has 0 saturated heterocycles. The third-order valence-corrected chi connectivity index (χ3v) is 2.90. The highest BCUT2D eigenvalue weighted by molar-refractivity contribution is 7.16. The van der Waals surface area contributed by atoms with Crippen molar-refractivity contribution in [3.05, 3.63) is 41.0 Å². The number of aryl methyl sites for hydroxylation is 1. The van der Waals surface area contributed by atoms with Gasteiger partial charge < -0.3 is 0 Å². The van der Waals surface area contributed by atoms with Crippen LogP contribution in [-0.2, 0) is 0 Å². The van der Waals surface area contributed by atoms with E-state index in [1.165, 1.54) is 16.9 Å². The third-order valence-electron chi connectivity index (χ3n) is 1.93. The zero-order valence-electron chi connectivity index (χ0n) is 7.73. The summed E-state index contributed by atoms with van der Waals surface area (Å²) >= 11 is 1.42. The fourth-order valence-electron chi connectivity index (χ4n) is 1.27. The van der Waals surface area contributed by atoms with Crippen molar-refractivity contribution in [2.45, 2.75) is 6.92 Å².